The summed E-state index contributed by atoms with van der Waals surface area (Å²) in [7, 11) is 0. The number of anilines is 2. The van der Waals surface area contributed by atoms with Gasteiger partial charge in [0.2, 0.25) is 5.95 Å². The van der Waals surface area contributed by atoms with Gasteiger partial charge in [-0.3, -0.25) is 9.59 Å². The fourth-order valence-electron chi connectivity index (χ4n) is 3.40. The summed E-state index contributed by atoms with van der Waals surface area (Å²) in [5.41, 5.74) is 7.45. The van der Waals surface area contributed by atoms with Crippen LogP contribution in [0.15, 0.2) is 6.33 Å². The zero-order chi connectivity index (χ0) is 21.0. The highest BCUT2D eigenvalue weighted by atomic mass is 16.4. The Balaban J connectivity index is 0.000000258. The van der Waals surface area contributed by atoms with Gasteiger partial charge in [-0.05, 0) is 38.0 Å². The lowest BCUT2D eigenvalue weighted by Gasteiger charge is -2.13. The number of nitrogens with two attached hydrogens (primary N) is 1. The Morgan fingerprint density at radius 2 is 1.83 bits per heavy atom. The molecule has 2 aliphatic rings. The lowest BCUT2D eigenvalue weighted by Crippen LogP contribution is -2.10. The Bertz CT molecular complexity index is 867. The lowest BCUT2D eigenvalue weighted by molar-refractivity contribution is -0.143. The molecule has 2 aliphatic carbocycles. The zero-order valence-electron chi connectivity index (χ0n) is 16.0. The maximum Gasteiger partial charge on any atom is 0.303 e. The number of hydrogen-bond acceptors (Lipinski definition) is 8. The highest BCUT2D eigenvalue weighted by Gasteiger charge is 2.28. The molecule has 0 bridgehead atoms. The van der Waals surface area contributed by atoms with Crippen LogP contribution in [0, 0.1) is 5.92 Å². The first-order chi connectivity index (χ1) is 13.9. The van der Waals surface area contributed by atoms with Crippen molar-refractivity contribution < 1.29 is 24.9 Å². The highest BCUT2D eigenvalue weighted by molar-refractivity contribution is 5.84. The number of nitrogens with zero attached hydrogens (tertiary/aromatic N) is 4. The van der Waals surface area contributed by atoms with Crippen LogP contribution in [-0.2, 0) is 9.59 Å². The largest absolute Gasteiger partial charge is 0.481 e. The number of aromatic nitrogens is 4. The van der Waals surface area contributed by atoms with E-state index in [0.29, 0.717) is 18.0 Å². The van der Waals surface area contributed by atoms with E-state index in [4.69, 9.17) is 15.9 Å². The van der Waals surface area contributed by atoms with Crippen molar-refractivity contribution in [3.63, 3.8) is 0 Å². The molecule has 2 saturated carbocycles. The van der Waals surface area contributed by atoms with Gasteiger partial charge in [0.15, 0.2) is 17.0 Å². The molecule has 11 nitrogen and oxygen atoms in total. The number of aliphatic carboxylic acids is 2. The minimum Gasteiger partial charge on any atom is -0.481 e. The van der Waals surface area contributed by atoms with E-state index in [0.717, 1.165) is 36.2 Å². The van der Waals surface area contributed by atoms with Gasteiger partial charge in [-0.1, -0.05) is 0 Å². The number of hydrogen-bond donors (Lipinski definition) is 5. The SMILES string of the molecule is Nc1nc(NC2CC2)c2ncn(C3CC[C@@H](CO)C3)c2n1.O=C(O)CCC(=O)O. The molecule has 158 valence electrons. The smallest absolute Gasteiger partial charge is 0.303 e. The van der Waals surface area contributed by atoms with Crippen LogP contribution < -0.4 is 11.1 Å². The highest BCUT2D eigenvalue weighted by Crippen LogP contribution is 2.36. The number of nitrogens with one attached hydrogen (secondary N) is 1. The molecule has 2 aromatic rings. The number of carboxylic acids is 2. The fraction of sp³-hybridized carbons (Fsp3) is 0.611. The summed E-state index contributed by atoms with van der Waals surface area (Å²) in [6, 6.07) is 0.841. The summed E-state index contributed by atoms with van der Waals surface area (Å²) >= 11 is 0. The van der Waals surface area contributed by atoms with E-state index in [-0.39, 0.29) is 25.4 Å². The topological polar surface area (TPSA) is 176 Å². The molecule has 2 fully saturated rings. The fourth-order valence-corrected chi connectivity index (χ4v) is 3.40. The summed E-state index contributed by atoms with van der Waals surface area (Å²) in [6.07, 6.45) is 6.66. The Kier molecular flexibility index (Phi) is 6.47. The first-order valence-electron chi connectivity index (χ1n) is 9.68. The van der Waals surface area contributed by atoms with Gasteiger partial charge < -0.3 is 30.9 Å². The normalized spacial score (nSPS) is 20.9. The molecule has 1 unspecified atom stereocenters. The second-order valence-electron chi connectivity index (χ2n) is 7.48. The van der Waals surface area contributed by atoms with E-state index < -0.39 is 11.9 Å². The molecule has 0 saturated heterocycles. The van der Waals surface area contributed by atoms with Crippen molar-refractivity contribution in [3.8, 4) is 0 Å². The van der Waals surface area contributed by atoms with Crippen molar-refractivity contribution in [2.45, 2.75) is 57.0 Å². The number of nitrogen functional groups attached to an aromatic ring is 1. The molecular formula is C18H26N6O5. The summed E-state index contributed by atoms with van der Waals surface area (Å²) in [6.45, 7) is 0.259. The summed E-state index contributed by atoms with van der Waals surface area (Å²) in [5, 5.41) is 28.5. The molecule has 2 atom stereocenters. The number of fused-ring (bicyclic) bond motifs is 1. The number of rotatable bonds is 7. The van der Waals surface area contributed by atoms with Crippen LogP contribution in [0.5, 0.6) is 0 Å². The van der Waals surface area contributed by atoms with Crippen molar-refractivity contribution in [2.24, 2.45) is 5.92 Å². The molecule has 4 rings (SSSR count). The van der Waals surface area contributed by atoms with Gasteiger partial charge in [-0.15, -0.1) is 0 Å². The number of aliphatic hydroxyl groups is 1. The number of carboxylic acid groups (broad SMARTS) is 2. The molecule has 0 aromatic carbocycles. The Hall–Kier alpha value is -2.95. The van der Waals surface area contributed by atoms with Crippen LogP contribution in [0.4, 0.5) is 11.8 Å². The van der Waals surface area contributed by atoms with Crippen molar-refractivity contribution in [3.05, 3.63) is 6.33 Å². The van der Waals surface area contributed by atoms with Crippen molar-refractivity contribution in [1.82, 2.24) is 19.5 Å². The molecule has 2 heterocycles. The van der Waals surface area contributed by atoms with E-state index in [2.05, 4.69) is 24.8 Å². The maximum atomic E-state index is 9.64. The molecule has 0 amide bonds. The zero-order valence-corrected chi connectivity index (χ0v) is 16.0. The molecule has 6 N–H and O–H groups in total. The van der Waals surface area contributed by atoms with Crippen LogP contribution in [-0.4, -0.2) is 59.4 Å². The minimum absolute atomic E-state index is 0.259. The Morgan fingerprint density at radius 1 is 1.14 bits per heavy atom. The molecule has 0 radical (unpaired) electrons. The summed E-state index contributed by atoms with van der Waals surface area (Å²) < 4.78 is 2.10. The van der Waals surface area contributed by atoms with Gasteiger partial charge in [-0.25, -0.2) is 4.98 Å². The predicted octanol–water partition coefficient (Wildman–Crippen LogP) is 1.25. The third-order valence-electron chi connectivity index (χ3n) is 5.07. The second kappa shape index (κ2) is 9.03. The Labute approximate surface area is 167 Å². The lowest BCUT2D eigenvalue weighted by atomic mass is 10.1. The minimum atomic E-state index is -1.08. The van der Waals surface area contributed by atoms with Crippen molar-refractivity contribution in [1.29, 1.82) is 0 Å². The van der Waals surface area contributed by atoms with Gasteiger partial charge in [-0.2, -0.15) is 9.97 Å². The van der Waals surface area contributed by atoms with Gasteiger partial charge in [0.25, 0.3) is 0 Å². The molecule has 11 heteroatoms. The predicted molar refractivity (Wildman–Crippen MR) is 104 cm³/mol. The van der Waals surface area contributed by atoms with Gasteiger partial charge >= 0.3 is 11.9 Å². The number of imidazole rings is 1. The van der Waals surface area contributed by atoms with Gasteiger partial charge in [0.05, 0.1) is 19.2 Å². The van der Waals surface area contributed by atoms with Crippen LogP contribution in [0.3, 0.4) is 0 Å². The Morgan fingerprint density at radius 3 is 2.38 bits per heavy atom. The van der Waals surface area contributed by atoms with Crippen LogP contribution in [0.1, 0.15) is 51.0 Å². The summed E-state index contributed by atoms with van der Waals surface area (Å²) in [4.78, 5) is 32.5. The third-order valence-corrected chi connectivity index (χ3v) is 5.07. The molecule has 29 heavy (non-hydrogen) atoms. The number of carbonyl (C=O) groups is 2. The van der Waals surface area contributed by atoms with Crippen molar-refractivity contribution >= 4 is 34.9 Å². The standard InChI is InChI=1S/C14H20N6O.C4H6O4/c15-14-18-12(17-9-2-3-9)11-13(19-14)20(7-16-11)10-4-1-8(5-10)6-21;5-3(6)1-2-4(7)8/h7-10,21H,1-6H2,(H3,15,17,18,19);1-2H2,(H,5,6)(H,7,8)/t8-,10?;/m1./s1. The van der Waals surface area contributed by atoms with Gasteiger partial charge in [0.1, 0.15) is 0 Å². The van der Waals surface area contributed by atoms with E-state index >= 15 is 0 Å². The average Bonchev–Trinajstić information content (AvgIpc) is 3.18. The molecule has 0 spiro atoms. The molecule has 0 aliphatic heterocycles. The summed E-state index contributed by atoms with van der Waals surface area (Å²) in [5.74, 6) is -0.741. The molecule has 2 aromatic heterocycles. The van der Waals surface area contributed by atoms with E-state index in [1.54, 1.807) is 0 Å². The van der Waals surface area contributed by atoms with Gasteiger partial charge in [0, 0.05) is 18.7 Å². The third kappa shape index (κ3) is 5.53. The number of aliphatic hydroxyl groups excluding tert-OH is 1. The quantitative estimate of drug-likeness (QED) is 0.449. The van der Waals surface area contributed by atoms with Crippen molar-refractivity contribution in [2.75, 3.05) is 17.7 Å². The maximum absolute atomic E-state index is 9.64. The van der Waals surface area contributed by atoms with E-state index in [1.165, 1.54) is 12.8 Å². The van der Waals surface area contributed by atoms with Crippen LogP contribution in [0.2, 0.25) is 0 Å². The molecular weight excluding hydrogens is 380 g/mol. The monoisotopic (exact) mass is 406 g/mol. The first-order valence-corrected chi connectivity index (χ1v) is 9.68. The van der Waals surface area contributed by atoms with Crippen LogP contribution >= 0.6 is 0 Å². The second-order valence-corrected chi connectivity index (χ2v) is 7.48. The van der Waals surface area contributed by atoms with E-state index in [1.807, 2.05) is 6.33 Å². The van der Waals surface area contributed by atoms with E-state index in [9.17, 15) is 14.7 Å². The average molecular weight is 406 g/mol. The van der Waals surface area contributed by atoms with Crippen LogP contribution in [0.25, 0.3) is 11.2 Å². The first kappa shape index (κ1) is 20.8.